The van der Waals surface area contributed by atoms with Crippen molar-refractivity contribution in [1.29, 1.82) is 0 Å². The number of amides is 1. The molecule has 0 atom stereocenters. The molecule has 1 aromatic heterocycles. The summed E-state index contributed by atoms with van der Waals surface area (Å²) in [6, 6.07) is 17.0. The number of nitrogens with one attached hydrogen (secondary N) is 1. The topological polar surface area (TPSA) is 82.5 Å². The Kier molecular flexibility index (Phi) is 7.21. The van der Waals surface area contributed by atoms with Crippen LogP contribution in [-0.2, 0) is 16.0 Å². The molecule has 7 heteroatoms. The highest BCUT2D eigenvalue weighted by molar-refractivity contribution is 5.87. The van der Waals surface area contributed by atoms with Gasteiger partial charge in [0, 0.05) is 12.6 Å². The van der Waals surface area contributed by atoms with E-state index in [0.29, 0.717) is 12.8 Å². The molecule has 0 aliphatic rings. The van der Waals surface area contributed by atoms with Crippen LogP contribution in [0.25, 0.3) is 5.69 Å². The summed E-state index contributed by atoms with van der Waals surface area (Å²) in [5, 5.41) is 6.99. The fraction of sp³-hybridized carbons (Fsp3) is 0.261. The van der Waals surface area contributed by atoms with Crippen molar-refractivity contribution >= 4 is 11.9 Å². The number of carbonyl (C=O) groups excluding carboxylic acids is 2. The molecule has 1 heterocycles. The molecule has 156 valence electrons. The Morgan fingerprint density at radius 2 is 1.77 bits per heavy atom. The van der Waals surface area contributed by atoms with Crippen LogP contribution in [0.5, 0.6) is 5.75 Å². The minimum Gasteiger partial charge on any atom is -0.497 e. The zero-order valence-corrected chi connectivity index (χ0v) is 17.1. The van der Waals surface area contributed by atoms with Gasteiger partial charge in [0.2, 0.25) is 5.91 Å². The van der Waals surface area contributed by atoms with E-state index in [1.807, 2.05) is 55.5 Å². The van der Waals surface area contributed by atoms with E-state index >= 15 is 0 Å². The average molecular weight is 407 g/mol. The van der Waals surface area contributed by atoms with Gasteiger partial charge in [0.25, 0.3) is 0 Å². The molecule has 3 rings (SSSR count). The minimum absolute atomic E-state index is 0.0737. The molecule has 0 spiro atoms. The lowest BCUT2D eigenvalue weighted by Crippen LogP contribution is -2.28. The van der Waals surface area contributed by atoms with E-state index in [1.165, 1.54) is 5.56 Å². The summed E-state index contributed by atoms with van der Waals surface area (Å²) >= 11 is 0. The van der Waals surface area contributed by atoms with Crippen LogP contribution in [0.15, 0.2) is 60.8 Å². The van der Waals surface area contributed by atoms with Gasteiger partial charge in [-0.25, -0.2) is 9.48 Å². The van der Waals surface area contributed by atoms with Crippen LogP contribution in [0.2, 0.25) is 0 Å². The van der Waals surface area contributed by atoms with Gasteiger partial charge in [0.1, 0.15) is 12.4 Å². The maximum Gasteiger partial charge on any atom is 0.358 e. The lowest BCUT2D eigenvalue weighted by molar-refractivity contribution is -0.121. The molecule has 30 heavy (non-hydrogen) atoms. The van der Waals surface area contributed by atoms with E-state index in [2.05, 4.69) is 10.4 Å². The third-order valence-electron chi connectivity index (χ3n) is 4.55. The molecule has 0 saturated carbocycles. The number of carbonyl (C=O) groups is 2. The number of rotatable bonds is 9. The molecule has 1 amide bonds. The highest BCUT2D eigenvalue weighted by atomic mass is 16.5. The third-order valence-corrected chi connectivity index (χ3v) is 4.55. The summed E-state index contributed by atoms with van der Waals surface area (Å²) in [6.07, 6.45) is 2.75. The largest absolute Gasteiger partial charge is 0.497 e. The molecule has 0 aliphatic carbocycles. The summed E-state index contributed by atoms with van der Waals surface area (Å²) < 4.78 is 11.9. The molecule has 2 aromatic carbocycles. The molecule has 0 saturated heterocycles. The monoisotopic (exact) mass is 407 g/mol. The average Bonchev–Trinajstić information content (AvgIpc) is 3.27. The quantitative estimate of drug-likeness (QED) is 0.435. The first-order valence-electron chi connectivity index (χ1n) is 9.74. The molecule has 0 unspecified atom stereocenters. The molecular formula is C23H25N3O4. The van der Waals surface area contributed by atoms with Gasteiger partial charge in [-0.05, 0) is 49.2 Å². The summed E-state index contributed by atoms with van der Waals surface area (Å²) in [7, 11) is 1.60. The summed E-state index contributed by atoms with van der Waals surface area (Å²) in [6.45, 7) is 2.38. The van der Waals surface area contributed by atoms with Gasteiger partial charge in [-0.1, -0.05) is 29.8 Å². The standard InChI is InChI=1S/C23H25N3O4/c1-17-3-5-18(6-4-17)7-12-22(27)24-14-16-30-23(28)21-13-15-26(25-21)19-8-10-20(29-2)11-9-19/h3-6,8-11,13,15H,7,12,14,16H2,1-2H3,(H,24,27). The van der Waals surface area contributed by atoms with Crippen LogP contribution in [0.3, 0.4) is 0 Å². The maximum atomic E-state index is 12.1. The Labute approximate surface area is 175 Å². The minimum atomic E-state index is -0.531. The number of ether oxygens (including phenoxy) is 2. The Hall–Kier alpha value is -3.61. The maximum absolute atomic E-state index is 12.1. The highest BCUT2D eigenvalue weighted by Crippen LogP contribution is 2.14. The highest BCUT2D eigenvalue weighted by Gasteiger charge is 2.12. The lowest BCUT2D eigenvalue weighted by Gasteiger charge is -2.06. The summed E-state index contributed by atoms with van der Waals surface area (Å²) in [4.78, 5) is 24.1. The Morgan fingerprint density at radius 1 is 1.03 bits per heavy atom. The number of methoxy groups -OCH3 is 1. The lowest BCUT2D eigenvalue weighted by atomic mass is 10.1. The Balaban J connectivity index is 1.38. The van der Waals surface area contributed by atoms with E-state index in [4.69, 9.17) is 9.47 Å². The van der Waals surface area contributed by atoms with Crippen molar-refractivity contribution in [3.63, 3.8) is 0 Å². The van der Waals surface area contributed by atoms with Gasteiger partial charge in [-0.2, -0.15) is 5.10 Å². The smallest absolute Gasteiger partial charge is 0.358 e. The predicted molar refractivity (Wildman–Crippen MR) is 113 cm³/mol. The fourth-order valence-electron chi connectivity index (χ4n) is 2.82. The number of benzene rings is 2. The van der Waals surface area contributed by atoms with E-state index in [-0.39, 0.29) is 24.8 Å². The number of nitrogens with zero attached hydrogens (tertiary/aromatic N) is 2. The second-order valence-electron chi connectivity index (χ2n) is 6.82. The molecule has 0 fully saturated rings. The molecule has 7 nitrogen and oxygen atoms in total. The van der Waals surface area contributed by atoms with Crippen LogP contribution in [0.4, 0.5) is 0 Å². The van der Waals surface area contributed by atoms with Gasteiger partial charge in [0.05, 0.1) is 19.3 Å². The van der Waals surface area contributed by atoms with E-state index in [0.717, 1.165) is 17.0 Å². The van der Waals surface area contributed by atoms with Gasteiger partial charge in [0.15, 0.2) is 5.69 Å². The van der Waals surface area contributed by atoms with Gasteiger partial charge >= 0.3 is 5.97 Å². The van der Waals surface area contributed by atoms with Gasteiger partial charge in [-0.15, -0.1) is 0 Å². The van der Waals surface area contributed by atoms with Crippen LogP contribution < -0.4 is 10.1 Å². The number of hydrogen-bond donors (Lipinski definition) is 1. The van der Waals surface area contributed by atoms with Crippen molar-refractivity contribution < 1.29 is 19.1 Å². The summed E-state index contributed by atoms with van der Waals surface area (Å²) in [5.74, 6) is 0.137. The molecule has 0 radical (unpaired) electrons. The van der Waals surface area contributed by atoms with Crippen LogP contribution in [0.1, 0.15) is 28.0 Å². The van der Waals surface area contributed by atoms with Crippen LogP contribution in [-0.4, -0.2) is 41.9 Å². The predicted octanol–water partition coefficient (Wildman–Crippen LogP) is 3.10. The first-order valence-corrected chi connectivity index (χ1v) is 9.74. The van der Waals surface area contributed by atoms with Crippen LogP contribution in [0, 0.1) is 6.92 Å². The second-order valence-corrected chi connectivity index (χ2v) is 6.82. The summed E-state index contributed by atoms with van der Waals surface area (Å²) in [5.41, 5.74) is 3.32. The van der Waals surface area contributed by atoms with Gasteiger partial charge < -0.3 is 14.8 Å². The normalized spacial score (nSPS) is 10.5. The van der Waals surface area contributed by atoms with E-state index in [9.17, 15) is 9.59 Å². The number of aromatic nitrogens is 2. The first kappa shape index (κ1) is 21.1. The van der Waals surface area contributed by atoms with Crippen molar-refractivity contribution in [2.24, 2.45) is 0 Å². The molecule has 1 N–H and O–H groups in total. The van der Waals surface area contributed by atoms with E-state index in [1.54, 1.807) is 24.1 Å². The first-order chi connectivity index (χ1) is 14.5. The van der Waals surface area contributed by atoms with Crippen LogP contribution >= 0.6 is 0 Å². The number of esters is 1. The van der Waals surface area contributed by atoms with Crippen molar-refractivity contribution in [1.82, 2.24) is 15.1 Å². The van der Waals surface area contributed by atoms with Crippen molar-refractivity contribution in [3.05, 3.63) is 77.6 Å². The SMILES string of the molecule is COc1ccc(-n2ccc(C(=O)OCCNC(=O)CCc3ccc(C)cc3)n2)cc1. The van der Waals surface area contributed by atoms with E-state index < -0.39 is 5.97 Å². The molecule has 0 bridgehead atoms. The molecular weight excluding hydrogens is 382 g/mol. The van der Waals surface area contributed by atoms with Crippen molar-refractivity contribution in [3.8, 4) is 11.4 Å². The molecule has 3 aromatic rings. The zero-order chi connectivity index (χ0) is 21.3. The third kappa shape index (κ3) is 5.94. The number of aryl methyl sites for hydroxylation is 2. The van der Waals surface area contributed by atoms with Crippen molar-refractivity contribution in [2.45, 2.75) is 19.8 Å². The fourth-order valence-corrected chi connectivity index (χ4v) is 2.82. The Bertz CT molecular complexity index is 978. The Morgan fingerprint density at radius 3 is 2.47 bits per heavy atom. The zero-order valence-electron chi connectivity index (χ0n) is 17.1. The van der Waals surface area contributed by atoms with Crippen molar-refractivity contribution in [2.75, 3.05) is 20.3 Å². The second kappa shape index (κ2) is 10.2. The molecule has 0 aliphatic heterocycles. The number of hydrogen-bond acceptors (Lipinski definition) is 5. The van der Waals surface area contributed by atoms with Gasteiger partial charge in [-0.3, -0.25) is 4.79 Å².